The lowest BCUT2D eigenvalue weighted by Gasteiger charge is -2.14. The Kier molecular flexibility index (Phi) is 8.43. The molecule has 0 saturated heterocycles. The monoisotopic (exact) mass is 377 g/mol. The molecule has 0 aromatic heterocycles. The van der Waals surface area contributed by atoms with E-state index in [0.717, 1.165) is 12.1 Å². The Hall–Kier alpha value is -1.55. The number of hydrogen-bond donors (Lipinski definition) is 2. The van der Waals surface area contributed by atoms with Crippen molar-refractivity contribution in [1.29, 1.82) is 0 Å². The van der Waals surface area contributed by atoms with Crippen LogP contribution in [0, 0.1) is 5.41 Å². The summed E-state index contributed by atoms with van der Waals surface area (Å²) in [6.45, 7) is 2.25. The summed E-state index contributed by atoms with van der Waals surface area (Å²) in [5.74, 6) is 0.0956. The molecule has 0 radical (unpaired) electrons. The smallest absolute Gasteiger partial charge is 0.238 e. The van der Waals surface area contributed by atoms with E-state index in [-0.39, 0.29) is 11.7 Å². The lowest BCUT2D eigenvalue weighted by atomic mass is 10.0. The van der Waals surface area contributed by atoms with Crippen molar-refractivity contribution in [2.45, 2.75) is 77.6 Å². The van der Waals surface area contributed by atoms with E-state index in [9.17, 15) is 4.79 Å². The topological polar surface area (TPSA) is 67.5 Å². The van der Waals surface area contributed by atoms with Crippen molar-refractivity contribution >= 4 is 29.2 Å². The Morgan fingerprint density at radius 2 is 1.65 bits per heavy atom. The Bertz CT molecular complexity index is 594. The first-order valence-electron chi connectivity index (χ1n) is 9.97. The predicted octanol–water partition coefficient (Wildman–Crippen LogP) is 5.60. The number of hydrogen-bond acceptors (Lipinski definition) is 2. The average Bonchev–Trinajstić information content (AvgIpc) is 3.46. The first-order chi connectivity index (χ1) is 12.6. The Balaban J connectivity index is 1.68. The molecule has 26 heavy (non-hydrogen) atoms. The molecular formula is C21H32ClN3O. The van der Waals surface area contributed by atoms with Crippen molar-refractivity contribution in [3.63, 3.8) is 0 Å². The molecule has 1 aliphatic carbocycles. The summed E-state index contributed by atoms with van der Waals surface area (Å²) in [7, 11) is 0. The third kappa shape index (κ3) is 6.01. The van der Waals surface area contributed by atoms with E-state index in [1.54, 1.807) is 0 Å². The maximum atomic E-state index is 12.4. The van der Waals surface area contributed by atoms with Crippen LogP contribution in [0.3, 0.4) is 0 Å². The number of carbonyl (C=O) groups is 1. The highest BCUT2D eigenvalue weighted by atomic mass is 35.5. The minimum atomic E-state index is -0.697. The van der Waals surface area contributed by atoms with Crippen molar-refractivity contribution in [3.8, 4) is 0 Å². The molecule has 1 aromatic rings. The number of nitrogens with two attached hydrogens (primary N) is 1. The normalized spacial score (nSPS) is 15.7. The van der Waals surface area contributed by atoms with E-state index >= 15 is 0 Å². The fourth-order valence-electron chi connectivity index (χ4n) is 3.27. The zero-order valence-electron chi connectivity index (χ0n) is 15.9. The molecule has 0 spiro atoms. The number of amides is 1. The van der Waals surface area contributed by atoms with Gasteiger partial charge in [-0.15, -0.1) is 0 Å². The van der Waals surface area contributed by atoms with Gasteiger partial charge in [-0.25, -0.2) is 0 Å². The molecular weight excluding hydrogens is 346 g/mol. The van der Waals surface area contributed by atoms with Crippen molar-refractivity contribution in [3.05, 3.63) is 29.8 Å². The number of aryl methyl sites for hydroxylation is 1. The summed E-state index contributed by atoms with van der Waals surface area (Å²) in [5.41, 5.74) is 7.18. The number of benzene rings is 1. The highest BCUT2D eigenvalue weighted by Crippen LogP contribution is 2.47. The van der Waals surface area contributed by atoms with Gasteiger partial charge >= 0.3 is 0 Å². The summed E-state index contributed by atoms with van der Waals surface area (Å²) < 4.78 is 3.47. The number of unbranched alkanes of at least 4 members (excludes halogenated alkanes) is 7. The summed E-state index contributed by atoms with van der Waals surface area (Å²) in [5, 5.41) is 2.93. The van der Waals surface area contributed by atoms with E-state index in [1.165, 1.54) is 56.9 Å². The summed E-state index contributed by atoms with van der Waals surface area (Å²) >= 11 is 5.43. The predicted molar refractivity (Wildman–Crippen MR) is 111 cm³/mol. The summed E-state index contributed by atoms with van der Waals surface area (Å²) in [4.78, 5) is 12.4. The van der Waals surface area contributed by atoms with Crippen molar-refractivity contribution in [2.24, 2.45) is 15.7 Å². The van der Waals surface area contributed by atoms with E-state index in [0.29, 0.717) is 12.8 Å². The molecule has 1 saturated carbocycles. The molecule has 1 amide bonds. The number of rotatable bonds is 12. The molecule has 1 aliphatic rings. The van der Waals surface area contributed by atoms with Gasteiger partial charge in [0, 0.05) is 17.5 Å². The van der Waals surface area contributed by atoms with Crippen LogP contribution in [0.4, 0.5) is 5.69 Å². The zero-order chi connectivity index (χ0) is 18.8. The van der Waals surface area contributed by atoms with Gasteiger partial charge in [0.25, 0.3) is 0 Å². The van der Waals surface area contributed by atoms with Gasteiger partial charge in [0.05, 0.1) is 0 Å². The lowest BCUT2D eigenvalue weighted by Crippen LogP contribution is -2.36. The Morgan fingerprint density at radius 1 is 1.08 bits per heavy atom. The van der Waals surface area contributed by atoms with Gasteiger partial charge < -0.3 is 11.1 Å². The number of amidine groups is 1. The van der Waals surface area contributed by atoms with Gasteiger partial charge in [0.15, 0.2) is 0 Å². The van der Waals surface area contributed by atoms with Crippen LogP contribution in [-0.2, 0) is 11.2 Å². The molecule has 1 aromatic carbocycles. The molecule has 2 rings (SSSR count). The molecule has 0 heterocycles. The van der Waals surface area contributed by atoms with E-state index < -0.39 is 5.41 Å². The summed E-state index contributed by atoms with van der Waals surface area (Å²) in [6.07, 6.45) is 13.2. The molecule has 3 N–H and O–H groups in total. The molecule has 0 bridgehead atoms. The van der Waals surface area contributed by atoms with Crippen LogP contribution >= 0.6 is 11.8 Å². The van der Waals surface area contributed by atoms with Crippen LogP contribution in [0.15, 0.2) is 28.8 Å². The molecule has 5 heteroatoms. The van der Waals surface area contributed by atoms with Crippen molar-refractivity contribution < 1.29 is 4.79 Å². The fourth-order valence-corrected chi connectivity index (χ4v) is 3.44. The third-order valence-corrected chi connectivity index (χ3v) is 5.48. The molecule has 4 nitrogen and oxygen atoms in total. The van der Waals surface area contributed by atoms with E-state index in [2.05, 4.69) is 28.9 Å². The number of carbonyl (C=O) groups excluding carboxylic acids is 1. The maximum absolute atomic E-state index is 12.4. The Labute approximate surface area is 162 Å². The first-order valence-corrected chi connectivity index (χ1v) is 10.3. The third-order valence-electron chi connectivity index (χ3n) is 5.30. The van der Waals surface area contributed by atoms with Crippen LogP contribution < -0.4 is 11.1 Å². The molecule has 144 valence electrons. The van der Waals surface area contributed by atoms with Crippen molar-refractivity contribution in [1.82, 2.24) is 0 Å². The van der Waals surface area contributed by atoms with Crippen LogP contribution in [0.1, 0.15) is 76.7 Å². The average molecular weight is 378 g/mol. The minimum absolute atomic E-state index is 0.116. The molecule has 0 aliphatic heterocycles. The number of nitrogens with one attached hydrogen (secondary N) is 1. The van der Waals surface area contributed by atoms with Gasteiger partial charge in [-0.1, -0.05) is 64.0 Å². The van der Waals surface area contributed by atoms with E-state index in [4.69, 9.17) is 17.5 Å². The van der Waals surface area contributed by atoms with Gasteiger partial charge in [-0.2, -0.15) is 4.51 Å². The minimum Gasteiger partial charge on any atom is -0.385 e. The first kappa shape index (κ1) is 20.8. The number of halogens is 1. The van der Waals surface area contributed by atoms with Gasteiger partial charge in [0.1, 0.15) is 11.3 Å². The highest BCUT2D eigenvalue weighted by molar-refractivity contribution is 6.24. The Morgan fingerprint density at radius 3 is 2.19 bits per heavy atom. The fraction of sp³-hybridized carbons (Fsp3) is 0.619. The SMILES string of the molecule is CCCCCCCCCCc1ccc(NC(=O)C2(/C(N)=N/Cl)CC2)cc1. The van der Waals surface area contributed by atoms with Crippen LogP contribution in [0.25, 0.3) is 0 Å². The summed E-state index contributed by atoms with van der Waals surface area (Å²) in [6, 6.07) is 8.11. The molecule has 0 atom stereocenters. The van der Waals surface area contributed by atoms with Crippen LogP contribution in [0.2, 0.25) is 0 Å². The number of anilines is 1. The second kappa shape index (κ2) is 10.6. The van der Waals surface area contributed by atoms with Gasteiger partial charge in [0.2, 0.25) is 5.91 Å². The lowest BCUT2D eigenvalue weighted by molar-refractivity contribution is -0.119. The van der Waals surface area contributed by atoms with Crippen LogP contribution in [0.5, 0.6) is 0 Å². The second-order valence-corrected chi connectivity index (χ2v) is 7.60. The molecule has 0 unspecified atom stereocenters. The zero-order valence-corrected chi connectivity index (χ0v) is 16.7. The number of nitrogens with zero attached hydrogens (tertiary/aromatic N) is 1. The maximum Gasteiger partial charge on any atom is 0.238 e. The van der Waals surface area contributed by atoms with Crippen molar-refractivity contribution in [2.75, 3.05) is 5.32 Å². The van der Waals surface area contributed by atoms with E-state index in [1.807, 2.05) is 12.1 Å². The van der Waals surface area contributed by atoms with Crippen LogP contribution in [-0.4, -0.2) is 11.7 Å². The molecule has 1 fully saturated rings. The highest BCUT2D eigenvalue weighted by Gasteiger charge is 2.53. The standard InChI is InChI=1S/C21H32ClN3O/c1-2-3-4-5-6-7-8-9-10-17-11-13-18(14-12-17)24-20(26)21(15-16-21)19(23)25-22/h11-14H,2-10,15-16H2,1H3,(H2,23,25)(H,24,26). The van der Waals surface area contributed by atoms with Gasteiger partial charge in [-0.3, -0.25) is 4.79 Å². The second-order valence-electron chi connectivity index (χ2n) is 7.43. The largest absolute Gasteiger partial charge is 0.385 e. The van der Waals surface area contributed by atoms with Gasteiger partial charge in [-0.05, 0) is 43.4 Å². The quantitative estimate of drug-likeness (QED) is 0.283.